The van der Waals surface area contributed by atoms with Crippen molar-refractivity contribution >= 4 is 11.6 Å². The second kappa shape index (κ2) is 6.18. The zero-order valence-corrected chi connectivity index (χ0v) is 11.8. The van der Waals surface area contributed by atoms with E-state index in [0.29, 0.717) is 0 Å². The molecule has 0 saturated heterocycles. The van der Waals surface area contributed by atoms with Gasteiger partial charge < -0.3 is 5.32 Å². The van der Waals surface area contributed by atoms with Crippen LogP contribution in [0.4, 0.5) is 4.39 Å². The van der Waals surface area contributed by atoms with Gasteiger partial charge in [0.2, 0.25) is 0 Å². The SMILES string of the molecule is CC(N[C@@H](C)c1ccc(Cl)cc1)c1cccc(F)c1. The Kier molecular flexibility index (Phi) is 4.56. The van der Waals surface area contributed by atoms with Gasteiger partial charge >= 0.3 is 0 Å². The average Bonchev–Trinajstić information content (AvgIpc) is 2.39. The maximum absolute atomic E-state index is 13.2. The van der Waals surface area contributed by atoms with Crippen molar-refractivity contribution in [1.82, 2.24) is 5.32 Å². The van der Waals surface area contributed by atoms with Crippen LogP contribution in [0.5, 0.6) is 0 Å². The largest absolute Gasteiger partial charge is 0.304 e. The minimum atomic E-state index is -0.203. The summed E-state index contributed by atoms with van der Waals surface area (Å²) in [6.07, 6.45) is 0. The summed E-state index contributed by atoms with van der Waals surface area (Å²) >= 11 is 5.87. The first kappa shape index (κ1) is 14.0. The number of halogens is 2. The van der Waals surface area contributed by atoms with E-state index in [1.807, 2.05) is 37.3 Å². The predicted octanol–water partition coefficient (Wildman–Crippen LogP) is 4.89. The Balaban J connectivity index is 2.06. The second-order valence-electron chi connectivity index (χ2n) is 4.72. The van der Waals surface area contributed by atoms with E-state index in [0.717, 1.165) is 16.1 Å². The van der Waals surface area contributed by atoms with Gasteiger partial charge in [-0.3, -0.25) is 0 Å². The van der Waals surface area contributed by atoms with Crippen LogP contribution >= 0.6 is 11.6 Å². The average molecular weight is 278 g/mol. The Bertz CT molecular complexity index is 539. The molecule has 0 radical (unpaired) electrons. The lowest BCUT2D eigenvalue weighted by Gasteiger charge is -2.21. The van der Waals surface area contributed by atoms with Gasteiger partial charge in [-0.05, 0) is 49.2 Å². The lowest BCUT2D eigenvalue weighted by Crippen LogP contribution is -2.22. The zero-order valence-electron chi connectivity index (χ0n) is 11.0. The number of benzene rings is 2. The maximum Gasteiger partial charge on any atom is 0.123 e. The summed E-state index contributed by atoms with van der Waals surface area (Å²) in [4.78, 5) is 0. The predicted molar refractivity (Wildman–Crippen MR) is 77.8 cm³/mol. The van der Waals surface area contributed by atoms with E-state index < -0.39 is 0 Å². The second-order valence-corrected chi connectivity index (χ2v) is 5.15. The molecule has 2 aromatic rings. The molecule has 0 fully saturated rings. The quantitative estimate of drug-likeness (QED) is 0.839. The van der Waals surface area contributed by atoms with Crippen molar-refractivity contribution in [2.45, 2.75) is 25.9 Å². The minimum absolute atomic E-state index is 0.0846. The lowest BCUT2D eigenvalue weighted by molar-refractivity contribution is 0.492. The molecule has 0 aliphatic carbocycles. The van der Waals surface area contributed by atoms with E-state index in [1.165, 1.54) is 6.07 Å². The third kappa shape index (κ3) is 3.79. The molecule has 0 heterocycles. The van der Waals surface area contributed by atoms with Gasteiger partial charge in [0.05, 0.1) is 0 Å². The molecule has 1 nitrogen and oxygen atoms in total. The fourth-order valence-corrected chi connectivity index (χ4v) is 2.22. The van der Waals surface area contributed by atoms with Crippen molar-refractivity contribution in [1.29, 1.82) is 0 Å². The van der Waals surface area contributed by atoms with E-state index in [2.05, 4.69) is 12.2 Å². The molecule has 19 heavy (non-hydrogen) atoms. The van der Waals surface area contributed by atoms with Crippen LogP contribution in [0, 0.1) is 5.82 Å². The first-order valence-electron chi connectivity index (χ1n) is 6.33. The number of hydrogen-bond acceptors (Lipinski definition) is 1. The van der Waals surface area contributed by atoms with Crippen LogP contribution in [0.3, 0.4) is 0 Å². The highest BCUT2D eigenvalue weighted by atomic mass is 35.5. The highest BCUT2D eigenvalue weighted by molar-refractivity contribution is 6.30. The Labute approximate surface area is 118 Å². The molecule has 2 atom stereocenters. The Morgan fingerprint density at radius 1 is 0.947 bits per heavy atom. The molecule has 0 saturated carbocycles. The fourth-order valence-electron chi connectivity index (χ4n) is 2.09. The van der Waals surface area contributed by atoms with Crippen molar-refractivity contribution in [3.63, 3.8) is 0 Å². The molecular weight excluding hydrogens is 261 g/mol. The Morgan fingerprint density at radius 3 is 2.21 bits per heavy atom. The van der Waals surface area contributed by atoms with E-state index >= 15 is 0 Å². The van der Waals surface area contributed by atoms with Gasteiger partial charge in [0.25, 0.3) is 0 Å². The highest BCUT2D eigenvalue weighted by Crippen LogP contribution is 2.21. The summed E-state index contributed by atoms with van der Waals surface area (Å²) in [6, 6.07) is 14.7. The van der Waals surface area contributed by atoms with Gasteiger partial charge in [-0.1, -0.05) is 35.9 Å². The maximum atomic E-state index is 13.2. The number of hydrogen-bond donors (Lipinski definition) is 1. The van der Waals surface area contributed by atoms with Gasteiger partial charge in [-0.25, -0.2) is 4.39 Å². The van der Waals surface area contributed by atoms with Crippen molar-refractivity contribution < 1.29 is 4.39 Å². The third-order valence-corrected chi connectivity index (χ3v) is 3.47. The first-order chi connectivity index (χ1) is 9.06. The summed E-state index contributed by atoms with van der Waals surface area (Å²) < 4.78 is 13.2. The van der Waals surface area contributed by atoms with Crippen LogP contribution in [-0.2, 0) is 0 Å². The molecule has 1 unspecified atom stereocenters. The summed E-state index contributed by atoms with van der Waals surface area (Å²) in [5.41, 5.74) is 2.11. The number of rotatable bonds is 4. The van der Waals surface area contributed by atoms with E-state index in [1.54, 1.807) is 12.1 Å². The van der Waals surface area contributed by atoms with Gasteiger partial charge in [0.1, 0.15) is 5.82 Å². The standard InChI is InChI=1S/C16H17ClFN/c1-11(13-6-8-15(17)9-7-13)19-12(2)14-4-3-5-16(18)10-14/h3-12,19H,1-2H3/t11-,12?/m0/s1. The molecule has 100 valence electrons. The van der Waals surface area contributed by atoms with Crippen molar-refractivity contribution in [2.24, 2.45) is 0 Å². The normalized spacial score (nSPS) is 14.1. The molecule has 0 aromatic heterocycles. The molecule has 2 rings (SSSR count). The smallest absolute Gasteiger partial charge is 0.123 e. The zero-order chi connectivity index (χ0) is 13.8. The summed E-state index contributed by atoms with van der Waals surface area (Å²) in [6.45, 7) is 4.11. The topological polar surface area (TPSA) is 12.0 Å². The van der Waals surface area contributed by atoms with Crippen molar-refractivity contribution in [2.75, 3.05) is 0 Å². The molecule has 0 amide bonds. The molecule has 0 spiro atoms. The fraction of sp³-hybridized carbons (Fsp3) is 0.250. The Hall–Kier alpha value is -1.38. The van der Waals surface area contributed by atoms with Crippen molar-refractivity contribution in [3.05, 3.63) is 70.5 Å². The monoisotopic (exact) mass is 277 g/mol. The lowest BCUT2D eigenvalue weighted by atomic mass is 10.0. The summed E-state index contributed by atoms with van der Waals surface area (Å²) in [5.74, 6) is -0.203. The summed E-state index contributed by atoms with van der Waals surface area (Å²) in [7, 11) is 0. The summed E-state index contributed by atoms with van der Waals surface area (Å²) in [5, 5.41) is 4.18. The van der Waals surface area contributed by atoms with Crippen molar-refractivity contribution in [3.8, 4) is 0 Å². The molecular formula is C16H17ClFN. The molecule has 1 N–H and O–H groups in total. The van der Waals surface area contributed by atoms with Gasteiger partial charge in [0, 0.05) is 17.1 Å². The molecule has 3 heteroatoms. The van der Waals surface area contributed by atoms with Crippen LogP contribution < -0.4 is 5.32 Å². The van der Waals surface area contributed by atoms with E-state index in [4.69, 9.17) is 11.6 Å². The van der Waals surface area contributed by atoms with E-state index in [9.17, 15) is 4.39 Å². The van der Waals surface area contributed by atoms with Crippen LogP contribution in [0.25, 0.3) is 0 Å². The molecule has 2 aromatic carbocycles. The molecule has 0 aliphatic heterocycles. The Morgan fingerprint density at radius 2 is 1.58 bits per heavy atom. The highest BCUT2D eigenvalue weighted by Gasteiger charge is 2.11. The first-order valence-corrected chi connectivity index (χ1v) is 6.71. The van der Waals surface area contributed by atoms with Crippen LogP contribution in [0.1, 0.15) is 37.1 Å². The van der Waals surface area contributed by atoms with Gasteiger partial charge in [-0.15, -0.1) is 0 Å². The molecule has 0 bridgehead atoms. The van der Waals surface area contributed by atoms with Crippen LogP contribution in [-0.4, -0.2) is 0 Å². The van der Waals surface area contributed by atoms with Gasteiger partial charge in [-0.2, -0.15) is 0 Å². The van der Waals surface area contributed by atoms with E-state index in [-0.39, 0.29) is 17.9 Å². The number of nitrogens with one attached hydrogen (secondary N) is 1. The third-order valence-electron chi connectivity index (χ3n) is 3.22. The minimum Gasteiger partial charge on any atom is -0.304 e. The van der Waals surface area contributed by atoms with Crippen LogP contribution in [0.2, 0.25) is 5.02 Å². The van der Waals surface area contributed by atoms with Crippen LogP contribution in [0.15, 0.2) is 48.5 Å². The molecule has 0 aliphatic rings. The van der Waals surface area contributed by atoms with Gasteiger partial charge in [0.15, 0.2) is 0 Å².